The molecule has 3 N–H and O–H groups in total. The molecule has 1 aliphatic rings. The number of hydrogen-bond acceptors (Lipinski definition) is 7. The molecule has 1 aromatic heterocycles. The molecule has 40 heavy (non-hydrogen) atoms. The van der Waals surface area contributed by atoms with Gasteiger partial charge in [0.15, 0.2) is 5.82 Å². The lowest BCUT2D eigenvalue weighted by Crippen LogP contribution is -2.30. The Labute approximate surface area is 229 Å². The van der Waals surface area contributed by atoms with E-state index in [9.17, 15) is 22.0 Å². The van der Waals surface area contributed by atoms with Crippen LogP contribution >= 0.6 is 0 Å². The van der Waals surface area contributed by atoms with Crippen molar-refractivity contribution < 1.29 is 41.1 Å². The molecule has 1 fully saturated rings. The maximum Gasteiger partial charge on any atom is 0.707 e. The molecule has 1 saturated carbocycles. The van der Waals surface area contributed by atoms with Gasteiger partial charge in [0.05, 0.1) is 24.1 Å². The van der Waals surface area contributed by atoms with E-state index in [4.69, 9.17) is 14.5 Å². The van der Waals surface area contributed by atoms with Crippen LogP contribution in [0.4, 0.5) is 14.5 Å². The molecule has 1 aliphatic carbocycles. The molecule has 0 saturated heterocycles. The Morgan fingerprint density at radius 1 is 1.12 bits per heavy atom. The Morgan fingerprint density at radius 3 is 2.40 bits per heavy atom. The maximum atomic E-state index is 14.5. The number of benzene rings is 3. The molecule has 0 radical (unpaired) electrons. The van der Waals surface area contributed by atoms with E-state index >= 15 is 0 Å². The van der Waals surface area contributed by atoms with Crippen molar-refractivity contribution in [2.24, 2.45) is 0 Å². The zero-order valence-corrected chi connectivity index (χ0v) is 22.3. The number of amides is 1. The highest BCUT2D eigenvalue weighted by Crippen LogP contribution is 2.48. The van der Waals surface area contributed by atoms with Gasteiger partial charge in [0.25, 0.3) is 5.91 Å². The highest BCUT2D eigenvalue weighted by atomic mass is 32.2. The Balaban J connectivity index is 1.66. The van der Waals surface area contributed by atoms with Gasteiger partial charge in [-0.3, -0.25) is 9.10 Å². The van der Waals surface area contributed by atoms with Gasteiger partial charge in [0, 0.05) is 24.1 Å². The number of furan rings is 1. The largest absolute Gasteiger partial charge is 0.707 e. The van der Waals surface area contributed by atoms with Crippen molar-refractivity contribution >= 4 is 39.9 Å². The van der Waals surface area contributed by atoms with E-state index in [2.05, 4.69) is 9.97 Å². The third-order valence-corrected chi connectivity index (χ3v) is 7.77. The van der Waals surface area contributed by atoms with E-state index in [0.29, 0.717) is 22.2 Å². The second kappa shape index (κ2) is 10.6. The van der Waals surface area contributed by atoms with E-state index < -0.39 is 40.6 Å². The molecule has 0 bridgehead atoms. The van der Waals surface area contributed by atoms with Crippen molar-refractivity contribution in [2.45, 2.75) is 25.3 Å². The van der Waals surface area contributed by atoms with Gasteiger partial charge in [-0.05, 0) is 72.4 Å². The van der Waals surface area contributed by atoms with Crippen LogP contribution in [-0.4, -0.2) is 45.0 Å². The molecule has 0 spiro atoms. The first-order chi connectivity index (χ1) is 19.0. The minimum Gasteiger partial charge on any atom is -0.510 e. The van der Waals surface area contributed by atoms with Gasteiger partial charge in [0.1, 0.15) is 22.9 Å². The molecule has 0 unspecified atom stereocenters. The summed E-state index contributed by atoms with van der Waals surface area (Å²) in [5, 5.41) is 21.0. The fourth-order valence-corrected chi connectivity index (χ4v) is 5.54. The lowest BCUT2D eigenvalue weighted by molar-refractivity contribution is 0.0964. The summed E-state index contributed by atoms with van der Waals surface area (Å²) in [6.07, 6.45) is 2.67. The van der Waals surface area contributed by atoms with Crippen molar-refractivity contribution in [3.8, 4) is 17.1 Å². The van der Waals surface area contributed by atoms with Gasteiger partial charge in [-0.2, -0.15) is 0 Å². The number of carbonyl (C=O) groups is 1. The van der Waals surface area contributed by atoms with Crippen molar-refractivity contribution in [1.29, 1.82) is 0 Å². The summed E-state index contributed by atoms with van der Waals surface area (Å²) in [4.78, 5) is 13.0. The van der Waals surface area contributed by atoms with Gasteiger partial charge in [-0.25, -0.2) is 17.2 Å². The SMILES string of the molecule is CNC(=O)c1c(-c2ccc(F)cc2)oc2cc(N(Cc3ccc(OB(O)O)c(F)c3)S(C)(=O)=O)c(C3CC3)cc12. The summed E-state index contributed by atoms with van der Waals surface area (Å²) >= 11 is 0. The van der Waals surface area contributed by atoms with Crippen molar-refractivity contribution in [2.75, 3.05) is 17.6 Å². The summed E-state index contributed by atoms with van der Waals surface area (Å²) in [6.45, 7) is -0.239. The van der Waals surface area contributed by atoms with E-state index in [1.54, 1.807) is 12.1 Å². The summed E-state index contributed by atoms with van der Waals surface area (Å²) in [7, 11) is -4.63. The molecule has 208 valence electrons. The highest BCUT2D eigenvalue weighted by molar-refractivity contribution is 7.92. The average molecular weight is 570 g/mol. The van der Waals surface area contributed by atoms with E-state index in [1.165, 1.54) is 43.4 Å². The van der Waals surface area contributed by atoms with Gasteiger partial charge in [-0.1, -0.05) is 6.07 Å². The number of hydrogen-bond donors (Lipinski definition) is 3. The average Bonchev–Trinajstić information content (AvgIpc) is 3.67. The number of nitrogens with zero attached hydrogens (tertiary/aromatic N) is 1. The number of nitrogens with one attached hydrogen (secondary N) is 1. The van der Waals surface area contributed by atoms with Crippen LogP contribution in [0.3, 0.4) is 0 Å². The van der Waals surface area contributed by atoms with Crippen molar-refractivity contribution in [1.82, 2.24) is 5.32 Å². The number of sulfonamides is 1. The molecule has 13 heteroatoms. The molecule has 1 amide bonds. The van der Waals surface area contributed by atoms with Gasteiger partial charge in [-0.15, -0.1) is 0 Å². The summed E-state index contributed by atoms with van der Waals surface area (Å²) in [6, 6.07) is 12.4. The van der Waals surface area contributed by atoms with Gasteiger partial charge >= 0.3 is 7.32 Å². The third kappa shape index (κ3) is 5.53. The zero-order chi connectivity index (χ0) is 28.8. The predicted octanol–water partition coefficient (Wildman–Crippen LogP) is 3.93. The smallest absolute Gasteiger partial charge is 0.510 e. The lowest BCUT2D eigenvalue weighted by atomic mass is 10.00. The highest BCUT2D eigenvalue weighted by Gasteiger charge is 2.33. The normalized spacial score (nSPS) is 13.3. The Morgan fingerprint density at radius 2 is 1.82 bits per heavy atom. The fraction of sp³-hybridized carbons (Fsp3) is 0.222. The topological polar surface area (TPSA) is 129 Å². The predicted molar refractivity (Wildman–Crippen MR) is 145 cm³/mol. The first-order valence-electron chi connectivity index (χ1n) is 12.3. The Hall–Kier alpha value is -3.94. The number of fused-ring (bicyclic) bond motifs is 1. The summed E-state index contributed by atoms with van der Waals surface area (Å²) < 4.78 is 66.1. The minimum atomic E-state index is -3.90. The molecule has 5 rings (SSSR count). The number of halogens is 2. The van der Waals surface area contributed by atoms with Crippen molar-refractivity contribution in [3.05, 3.63) is 82.9 Å². The van der Waals surface area contributed by atoms with Crippen LogP contribution < -0.4 is 14.3 Å². The monoisotopic (exact) mass is 570 g/mol. The van der Waals surface area contributed by atoms with Gasteiger partial charge in [0.2, 0.25) is 10.0 Å². The summed E-state index contributed by atoms with van der Waals surface area (Å²) in [5.41, 5.74) is 2.26. The molecule has 3 aromatic carbocycles. The van der Waals surface area contributed by atoms with Crippen LogP contribution in [0, 0.1) is 11.6 Å². The molecule has 1 heterocycles. The molecule has 0 aliphatic heterocycles. The minimum absolute atomic E-state index is 0.0453. The quantitative estimate of drug-likeness (QED) is 0.260. The van der Waals surface area contributed by atoms with Crippen LogP contribution in [0.15, 0.2) is 59.0 Å². The molecule has 9 nitrogen and oxygen atoms in total. The fourth-order valence-electron chi connectivity index (χ4n) is 4.64. The van der Waals surface area contributed by atoms with E-state index in [1.807, 2.05) is 0 Å². The van der Waals surface area contributed by atoms with Crippen LogP contribution in [-0.2, 0) is 16.6 Å². The number of carbonyl (C=O) groups excluding carboxylic acids is 1. The van der Waals surface area contributed by atoms with E-state index in [-0.39, 0.29) is 34.9 Å². The third-order valence-electron chi connectivity index (χ3n) is 6.64. The first kappa shape index (κ1) is 27.6. The second-order valence-corrected chi connectivity index (χ2v) is 11.5. The maximum absolute atomic E-state index is 14.5. The molecular formula is C27H25BF2N2O7S. The van der Waals surface area contributed by atoms with Crippen LogP contribution in [0.1, 0.15) is 40.2 Å². The summed E-state index contributed by atoms with van der Waals surface area (Å²) in [5.74, 6) is -1.92. The zero-order valence-electron chi connectivity index (χ0n) is 21.5. The molecule has 0 atom stereocenters. The Kier molecular flexibility index (Phi) is 7.30. The number of anilines is 1. The number of rotatable bonds is 9. The first-order valence-corrected chi connectivity index (χ1v) is 14.2. The van der Waals surface area contributed by atoms with Crippen LogP contribution in [0.25, 0.3) is 22.3 Å². The molecule has 4 aromatic rings. The molecular weight excluding hydrogens is 545 g/mol. The van der Waals surface area contributed by atoms with Crippen molar-refractivity contribution in [3.63, 3.8) is 0 Å². The standard InChI is InChI=1S/C27H25BF2N2O7S/c1-31-27(33)25-20-12-19(16-4-5-16)22(13-24(20)38-26(25)17-6-8-18(29)9-7-17)32(40(2,36)37)14-15-3-10-23(21(30)11-15)39-28(34)35/h3,6-13,16,34-35H,4-5,14H2,1-2H3,(H,31,33). The Bertz CT molecular complexity index is 1700. The second-order valence-electron chi connectivity index (χ2n) is 9.55. The van der Waals surface area contributed by atoms with E-state index in [0.717, 1.165) is 29.5 Å². The van der Waals surface area contributed by atoms with Gasteiger partial charge < -0.3 is 24.4 Å². The van der Waals surface area contributed by atoms with Crippen LogP contribution in [0.2, 0.25) is 0 Å². The van der Waals surface area contributed by atoms with Crippen LogP contribution in [0.5, 0.6) is 5.75 Å². The lowest BCUT2D eigenvalue weighted by Gasteiger charge is -2.25.